The van der Waals surface area contributed by atoms with Gasteiger partial charge in [-0.1, -0.05) is 104 Å². The van der Waals surface area contributed by atoms with Gasteiger partial charge in [0.05, 0.1) is 0 Å². The van der Waals surface area contributed by atoms with Crippen LogP contribution in [0, 0.1) is 13.8 Å². The van der Waals surface area contributed by atoms with Crippen LogP contribution in [0.1, 0.15) is 117 Å². The summed E-state index contributed by atoms with van der Waals surface area (Å²) < 4.78 is 0. The van der Waals surface area contributed by atoms with Crippen LogP contribution in [0.4, 0.5) is 0 Å². The third-order valence-electron chi connectivity index (χ3n) is 3.71. The quantitative estimate of drug-likeness (QED) is 0.187. The van der Waals surface area contributed by atoms with Crippen LogP contribution in [0.3, 0.4) is 0 Å². The summed E-state index contributed by atoms with van der Waals surface area (Å²) in [5, 5.41) is 14.0. The van der Waals surface area contributed by atoms with Gasteiger partial charge in [-0.3, -0.25) is 0 Å². The molecule has 0 saturated carbocycles. The zero-order chi connectivity index (χ0) is 19.3. The number of unbranched alkanes of at least 4 members (excludes halogenated alkanes) is 14. The van der Waals surface area contributed by atoms with Crippen molar-refractivity contribution >= 4 is 0 Å². The van der Waals surface area contributed by atoms with E-state index in [1.54, 1.807) is 0 Å². The van der Waals surface area contributed by atoms with Crippen molar-refractivity contribution in [2.75, 3.05) is 14.2 Å². The molecule has 0 heterocycles. The van der Waals surface area contributed by atoms with E-state index in [1.165, 1.54) is 89.9 Å². The van der Waals surface area contributed by atoms with E-state index in [-0.39, 0.29) is 21.7 Å². The van der Waals surface area contributed by atoms with Gasteiger partial charge in [-0.15, -0.1) is 0 Å². The average molecular weight is 395 g/mol. The van der Waals surface area contributed by atoms with Gasteiger partial charge in [0.1, 0.15) is 0 Å². The fraction of sp³-hybridized carbons (Fsp3) is 0.909. The van der Waals surface area contributed by atoms with Gasteiger partial charge in [-0.2, -0.15) is 12.8 Å². The molecule has 0 amide bonds. The molecule has 2 nitrogen and oxygen atoms in total. The van der Waals surface area contributed by atoms with E-state index in [2.05, 4.69) is 27.7 Å². The van der Waals surface area contributed by atoms with Gasteiger partial charge < -0.3 is 24.1 Å². The molecule has 0 aromatic carbocycles. The average Bonchev–Trinajstić information content (AvgIpc) is 2.65. The molecule has 0 aliphatic heterocycles. The van der Waals surface area contributed by atoms with Crippen molar-refractivity contribution in [1.82, 2.24) is 0 Å². The second kappa shape index (κ2) is 49.7. The number of hydrogen-bond donors (Lipinski definition) is 2. The standard InChI is InChI=1S/2C10H21.2CH4O.Ti/c2*1-3-5-7-9-10-8-6-4-2;2*1-2;/h2*1,3-10H2,2H3;2*2H,1H3;/q2*-1;;;+2. The smallest absolute Gasteiger partial charge is 0.400 e. The maximum atomic E-state index is 7.00. The summed E-state index contributed by atoms with van der Waals surface area (Å²) in [6.07, 6.45) is 21.8. The predicted molar refractivity (Wildman–Crippen MR) is 112 cm³/mol. The fourth-order valence-electron chi connectivity index (χ4n) is 2.27. The Morgan fingerprint density at radius 1 is 0.440 bits per heavy atom. The molecule has 0 aromatic heterocycles. The van der Waals surface area contributed by atoms with E-state index in [0.29, 0.717) is 0 Å². The molecule has 0 aliphatic rings. The summed E-state index contributed by atoms with van der Waals surface area (Å²) in [5.74, 6) is 0. The number of aliphatic hydroxyl groups excluding tert-OH is 2. The topological polar surface area (TPSA) is 40.5 Å². The van der Waals surface area contributed by atoms with Gasteiger partial charge in [0.2, 0.25) is 0 Å². The summed E-state index contributed by atoms with van der Waals surface area (Å²) in [4.78, 5) is 0. The van der Waals surface area contributed by atoms with Gasteiger partial charge in [-0.25, -0.2) is 0 Å². The third-order valence-corrected chi connectivity index (χ3v) is 3.71. The van der Waals surface area contributed by atoms with Gasteiger partial charge >= 0.3 is 21.7 Å². The van der Waals surface area contributed by atoms with Gasteiger partial charge in [0.15, 0.2) is 0 Å². The normalized spacial score (nSPS) is 8.64. The molecule has 0 bridgehead atoms. The third kappa shape index (κ3) is 58.9. The summed E-state index contributed by atoms with van der Waals surface area (Å²) >= 11 is 0. The van der Waals surface area contributed by atoms with Crippen LogP contribution >= 0.6 is 0 Å². The molecule has 0 atom stereocenters. The molecular formula is C22H50O2Ti. The molecule has 0 unspecified atom stereocenters. The largest absolute Gasteiger partial charge is 2.00 e. The first-order chi connectivity index (χ1) is 11.8. The van der Waals surface area contributed by atoms with Gasteiger partial charge in [0.25, 0.3) is 0 Å². The predicted octanol–water partition coefficient (Wildman–Crippen LogP) is 7.14. The maximum Gasteiger partial charge on any atom is 2.00 e. The van der Waals surface area contributed by atoms with Crippen LogP contribution < -0.4 is 0 Å². The Labute approximate surface area is 176 Å². The number of aliphatic hydroxyl groups is 2. The first-order valence-electron chi connectivity index (χ1n) is 10.3. The molecular weight excluding hydrogens is 344 g/mol. The van der Waals surface area contributed by atoms with Crippen LogP contribution in [0.2, 0.25) is 0 Å². The fourth-order valence-corrected chi connectivity index (χ4v) is 2.27. The second-order valence-electron chi connectivity index (χ2n) is 5.95. The molecule has 0 rings (SSSR count). The molecule has 0 aliphatic carbocycles. The first kappa shape index (κ1) is 36.5. The van der Waals surface area contributed by atoms with Gasteiger partial charge in [-0.05, 0) is 0 Å². The summed E-state index contributed by atoms with van der Waals surface area (Å²) in [7, 11) is 2.00. The summed E-state index contributed by atoms with van der Waals surface area (Å²) in [5.41, 5.74) is 0. The Kier molecular flexibility index (Phi) is 72.7. The van der Waals surface area contributed by atoms with E-state index >= 15 is 0 Å². The Morgan fingerprint density at radius 3 is 0.840 bits per heavy atom. The minimum Gasteiger partial charge on any atom is -0.400 e. The maximum absolute atomic E-state index is 7.00. The Balaban J connectivity index is -0.0000000858. The van der Waals surface area contributed by atoms with E-state index < -0.39 is 0 Å². The molecule has 0 spiro atoms. The molecule has 25 heavy (non-hydrogen) atoms. The van der Waals surface area contributed by atoms with Crippen LogP contribution in [-0.4, -0.2) is 24.4 Å². The van der Waals surface area contributed by atoms with Crippen molar-refractivity contribution in [2.45, 2.75) is 117 Å². The first-order valence-corrected chi connectivity index (χ1v) is 10.3. The minimum atomic E-state index is 0. The zero-order valence-corrected chi connectivity index (χ0v) is 19.7. The summed E-state index contributed by atoms with van der Waals surface area (Å²) in [6.45, 7) is 12.2. The van der Waals surface area contributed by atoms with Crippen LogP contribution in [0.25, 0.3) is 0 Å². The Bertz CT molecular complexity index is 112. The minimum absolute atomic E-state index is 0. The van der Waals surface area contributed by atoms with Crippen molar-refractivity contribution in [2.24, 2.45) is 0 Å². The SMILES string of the molecule is CO.CO.[CH2-]CCCCCCCCC.[CH2-]CCCCCCCCC.[Ti+2]. The molecule has 0 fully saturated rings. The number of rotatable bonds is 14. The molecule has 3 heteroatoms. The summed E-state index contributed by atoms with van der Waals surface area (Å²) in [6, 6.07) is 0. The van der Waals surface area contributed by atoms with Gasteiger partial charge in [0, 0.05) is 14.2 Å². The van der Waals surface area contributed by atoms with Crippen molar-refractivity contribution in [3.05, 3.63) is 13.8 Å². The number of hydrogen-bond acceptors (Lipinski definition) is 2. The van der Waals surface area contributed by atoms with E-state index in [9.17, 15) is 0 Å². The van der Waals surface area contributed by atoms with E-state index in [0.717, 1.165) is 27.1 Å². The molecule has 0 saturated heterocycles. The second-order valence-corrected chi connectivity index (χ2v) is 5.95. The van der Waals surface area contributed by atoms with Crippen molar-refractivity contribution in [3.8, 4) is 0 Å². The molecule has 0 aromatic rings. The molecule has 0 radical (unpaired) electrons. The molecule has 154 valence electrons. The van der Waals surface area contributed by atoms with Crippen molar-refractivity contribution in [1.29, 1.82) is 0 Å². The van der Waals surface area contributed by atoms with Crippen LogP contribution in [-0.2, 0) is 21.7 Å². The van der Waals surface area contributed by atoms with Crippen molar-refractivity contribution < 1.29 is 31.9 Å². The Morgan fingerprint density at radius 2 is 0.640 bits per heavy atom. The zero-order valence-electron chi connectivity index (χ0n) is 18.1. The monoisotopic (exact) mass is 394 g/mol. The van der Waals surface area contributed by atoms with E-state index in [1.807, 2.05) is 0 Å². The van der Waals surface area contributed by atoms with Crippen LogP contribution in [0.5, 0.6) is 0 Å². The Hall–Kier alpha value is 0.634. The van der Waals surface area contributed by atoms with Crippen molar-refractivity contribution in [3.63, 3.8) is 0 Å². The molecule has 2 N–H and O–H groups in total. The van der Waals surface area contributed by atoms with E-state index in [4.69, 9.17) is 10.2 Å². The van der Waals surface area contributed by atoms with Crippen LogP contribution in [0.15, 0.2) is 0 Å².